The zero-order valence-electron chi connectivity index (χ0n) is 40.9. The van der Waals surface area contributed by atoms with Crippen LogP contribution in [-0.4, -0.2) is 37.2 Å². The van der Waals surface area contributed by atoms with E-state index >= 15 is 0 Å². The Morgan fingerprint density at radius 2 is 0.550 bits per heavy atom. The van der Waals surface area contributed by atoms with Crippen LogP contribution >= 0.6 is 0 Å². The highest BCUT2D eigenvalue weighted by atomic mass is 16.6. The lowest BCUT2D eigenvalue weighted by atomic mass is 10.0. The van der Waals surface area contributed by atoms with Crippen molar-refractivity contribution in [3.05, 3.63) is 0 Å². The maximum Gasteiger partial charge on any atom is 0.306 e. The summed E-state index contributed by atoms with van der Waals surface area (Å²) < 4.78 is 16.8. The smallest absolute Gasteiger partial charge is 0.306 e. The van der Waals surface area contributed by atoms with Crippen molar-refractivity contribution in [1.82, 2.24) is 0 Å². The first-order valence-electron chi connectivity index (χ1n) is 26.9. The molecule has 0 radical (unpaired) electrons. The van der Waals surface area contributed by atoms with Gasteiger partial charge >= 0.3 is 17.9 Å². The number of carbonyl (C=O) groups excluding carboxylic acids is 3. The van der Waals surface area contributed by atoms with Gasteiger partial charge in [0.15, 0.2) is 6.10 Å². The van der Waals surface area contributed by atoms with Crippen molar-refractivity contribution in [2.24, 2.45) is 5.92 Å². The third-order valence-electron chi connectivity index (χ3n) is 12.3. The molecule has 0 fully saturated rings. The molecule has 0 saturated carbocycles. The van der Waals surface area contributed by atoms with Crippen LogP contribution in [0.1, 0.15) is 304 Å². The van der Waals surface area contributed by atoms with Crippen LogP contribution in [0.2, 0.25) is 0 Å². The Kier molecular flexibility index (Phi) is 47.2. The van der Waals surface area contributed by atoms with Crippen LogP contribution in [-0.2, 0) is 28.6 Å². The lowest BCUT2D eigenvalue weighted by Gasteiger charge is -2.18. The number of esters is 3. The van der Waals surface area contributed by atoms with Crippen LogP contribution in [0.3, 0.4) is 0 Å². The molecule has 0 aromatic heterocycles. The normalized spacial score (nSPS) is 11.9. The molecule has 356 valence electrons. The van der Waals surface area contributed by atoms with Gasteiger partial charge in [-0.1, -0.05) is 265 Å². The molecule has 0 spiro atoms. The minimum atomic E-state index is -0.761. The summed E-state index contributed by atoms with van der Waals surface area (Å²) in [5, 5.41) is 0. The number of hydrogen-bond acceptors (Lipinski definition) is 6. The molecule has 1 atom stereocenters. The molecule has 0 amide bonds. The van der Waals surface area contributed by atoms with Gasteiger partial charge in [0, 0.05) is 19.3 Å². The summed E-state index contributed by atoms with van der Waals surface area (Å²) in [6, 6.07) is 0. The summed E-state index contributed by atoms with van der Waals surface area (Å²) in [4.78, 5) is 38.0. The van der Waals surface area contributed by atoms with Crippen LogP contribution in [0.15, 0.2) is 0 Å². The third-order valence-corrected chi connectivity index (χ3v) is 12.3. The molecule has 0 unspecified atom stereocenters. The first-order chi connectivity index (χ1) is 29.4. The highest BCUT2D eigenvalue weighted by Crippen LogP contribution is 2.17. The summed E-state index contributed by atoms with van der Waals surface area (Å²) in [7, 11) is 0. The minimum Gasteiger partial charge on any atom is -0.462 e. The van der Waals surface area contributed by atoms with E-state index < -0.39 is 6.10 Å². The van der Waals surface area contributed by atoms with Crippen molar-refractivity contribution < 1.29 is 28.6 Å². The number of unbranched alkanes of at least 4 members (excludes halogenated alkanes) is 36. The molecule has 0 aromatic rings. The monoisotopic (exact) mass is 849 g/mol. The molecule has 0 aliphatic carbocycles. The van der Waals surface area contributed by atoms with Crippen molar-refractivity contribution in [3.8, 4) is 0 Å². The van der Waals surface area contributed by atoms with E-state index in [2.05, 4.69) is 27.7 Å². The van der Waals surface area contributed by atoms with Crippen molar-refractivity contribution in [2.75, 3.05) is 13.2 Å². The first kappa shape index (κ1) is 58.4. The van der Waals surface area contributed by atoms with Gasteiger partial charge in [-0.3, -0.25) is 14.4 Å². The Labute approximate surface area is 374 Å². The van der Waals surface area contributed by atoms with Crippen molar-refractivity contribution in [1.29, 1.82) is 0 Å². The van der Waals surface area contributed by atoms with E-state index in [-0.39, 0.29) is 31.1 Å². The van der Waals surface area contributed by atoms with Crippen LogP contribution < -0.4 is 0 Å². The highest BCUT2D eigenvalue weighted by Gasteiger charge is 2.19. The van der Waals surface area contributed by atoms with Crippen LogP contribution in [0, 0.1) is 5.92 Å². The SMILES string of the molecule is CCCCCCCCCCCCCCCCCC(=O)OC[C@H](COC(=O)CCCCCCCCCCCCCC)OC(=O)CCCCCCCCCCCCCCC(C)C. The molecule has 0 heterocycles. The summed E-state index contributed by atoms with van der Waals surface area (Å²) in [5.41, 5.74) is 0. The second-order valence-corrected chi connectivity index (χ2v) is 19.0. The summed E-state index contributed by atoms with van der Waals surface area (Å²) in [5.74, 6) is -0.00892. The summed E-state index contributed by atoms with van der Waals surface area (Å²) >= 11 is 0. The maximum absolute atomic E-state index is 12.8. The van der Waals surface area contributed by atoms with E-state index in [4.69, 9.17) is 14.2 Å². The van der Waals surface area contributed by atoms with E-state index in [1.54, 1.807) is 0 Å². The molecule has 0 rings (SSSR count). The molecular weight excluding hydrogens is 745 g/mol. The number of hydrogen-bond donors (Lipinski definition) is 0. The Morgan fingerprint density at radius 3 is 0.817 bits per heavy atom. The number of ether oxygens (including phenoxy) is 3. The standard InChI is InChI=1S/C54H104O6/c1-5-7-9-11-13-15-17-19-20-21-26-30-34-38-42-46-53(56)59-49-51(48-58-52(55)45-41-37-33-29-25-18-16-14-12-10-8-6-2)60-54(57)47-43-39-35-31-27-23-22-24-28-32-36-40-44-50(3)4/h50-51H,5-49H2,1-4H3/t51-/m0/s1. The van der Waals surface area contributed by atoms with E-state index in [9.17, 15) is 14.4 Å². The van der Waals surface area contributed by atoms with Gasteiger partial charge in [0.1, 0.15) is 13.2 Å². The molecule has 0 aliphatic rings. The Hall–Kier alpha value is -1.59. The van der Waals surface area contributed by atoms with Gasteiger partial charge in [0.05, 0.1) is 0 Å². The zero-order valence-corrected chi connectivity index (χ0v) is 40.9. The average Bonchev–Trinajstić information content (AvgIpc) is 3.23. The molecule has 6 nitrogen and oxygen atoms in total. The first-order valence-corrected chi connectivity index (χ1v) is 26.9. The van der Waals surface area contributed by atoms with E-state index in [0.717, 1.165) is 63.7 Å². The second kappa shape index (κ2) is 48.4. The summed E-state index contributed by atoms with van der Waals surface area (Å²) in [6.07, 6.45) is 50.8. The highest BCUT2D eigenvalue weighted by molar-refractivity contribution is 5.71. The maximum atomic E-state index is 12.8. The molecule has 0 bridgehead atoms. The van der Waals surface area contributed by atoms with Crippen molar-refractivity contribution in [2.45, 2.75) is 310 Å². The fraction of sp³-hybridized carbons (Fsp3) is 0.944. The van der Waals surface area contributed by atoms with E-state index in [1.807, 2.05) is 0 Å². The average molecular weight is 849 g/mol. The van der Waals surface area contributed by atoms with Gasteiger partial charge in [0.2, 0.25) is 0 Å². The summed E-state index contributed by atoms with van der Waals surface area (Å²) in [6.45, 7) is 9.04. The lowest BCUT2D eigenvalue weighted by molar-refractivity contribution is -0.167. The fourth-order valence-electron chi connectivity index (χ4n) is 8.22. The van der Waals surface area contributed by atoms with Crippen molar-refractivity contribution >= 4 is 17.9 Å². The zero-order chi connectivity index (χ0) is 43.8. The quantitative estimate of drug-likeness (QED) is 0.0345. The molecule has 0 aromatic carbocycles. The van der Waals surface area contributed by atoms with Gasteiger partial charge in [-0.25, -0.2) is 0 Å². The molecule has 60 heavy (non-hydrogen) atoms. The van der Waals surface area contributed by atoms with Gasteiger partial charge in [-0.15, -0.1) is 0 Å². The van der Waals surface area contributed by atoms with Crippen LogP contribution in [0.25, 0.3) is 0 Å². The second-order valence-electron chi connectivity index (χ2n) is 19.0. The van der Waals surface area contributed by atoms with E-state index in [1.165, 1.54) is 199 Å². The molecule has 0 saturated heterocycles. The third kappa shape index (κ3) is 47.5. The van der Waals surface area contributed by atoms with Gasteiger partial charge in [-0.05, 0) is 25.2 Å². The minimum absolute atomic E-state index is 0.0624. The fourth-order valence-corrected chi connectivity index (χ4v) is 8.22. The number of carbonyl (C=O) groups is 3. The lowest BCUT2D eigenvalue weighted by Crippen LogP contribution is -2.30. The topological polar surface area (TPSA) is 78.9 Å². The van der Waals surface area contributed by atoms with Gasteiger partial charge < -0.3 is 14.2 Å². The molecular formula is C54H104O6. The van der Waals surface area contributed by atoms with Gasteiger partial charge in [-0.2, -0.15) is 0 Å². The Bertz CT molecular complexity index is 903. The predicted octanol–water partition coefficient (Wildman–Crippen LogP) is 17.5. The number of rotatable bonds is 49. The van der Waals surface area contributed by atoms with Crippen LogP contribution in [0.4, 0.5) is 0 Å². The largest absolute Gasteiger partial charge is 0.462 e. The van der Waals surface area contributed by atoms with Crippen LogP contribution in [0.5, 0.6) is 0 Å². The predicted molar refractivity (Wildman–Crippen MR) is 257 cm³/mol. The van der Waals surface area contributed by atoms with Gasteiger partial charge in [0.25, 0.3) is 0 Å². The molecule has 0 aliphatic heterocycles. The molecule has 0 N–H and O–H groups in total. The van der Waals surface area contributed by atoms with E-state index in [0.29, 0.717) is 19.3 Å². The Morgan fingerprint density at radius 1 is 0.317 bits per heavy atom. The van der Waals surface area contributed by atoms with Crippen molar-refractivity contribution in [3.63, 3.8) is 0 Å². The Balaban J connectivity index is 4.30. The molecule has 6 heteroatoms.